The van der Waals surface area contributed by atoms with Gasteiger partial charge in [0.2, 0.25) is 0 Å². The molecule has 1 aromatic rings. The van der Waals surface area contributed by atoms with Gasteiger partial charge in [0.25, 0.3) is 0 Å². The first-order valence-corrected chi connectivity index (χ1v) is 11.0. The molecule has 0 bridgehead atoms. The lowest BCUT2D eigenvalue weighted by atomic mass is 9.92. The summed E-state index contributed by atoms with van der Waals surface area (Å²) in [6.07, 6.45) is 4.30. The van der Waals surface area contributed by atoms with Crippen molar-refractivity contribution in [2.24, 2.45) is 18.9 Å². The first kappa shape index (κ1) is 22.1. The number of nitrogens with zero attached hydrogens (tertiary/aromatic N) is 4. The maximum Gasteiger partial charge on any atom is 0.410 e. The van der Waals surface area contributed by atoms with Crippen LogP contribution in [0.3, 0.4) is 0 Å². The van der Waals surface area contributed by atoms with Crippen molar-refractivity contribution in [3.8, 4) is 0 Å². The second-order valence-electron chi connectivity index (χ2n) is 10.0. The number of hydrogen-bond donors (Lipinski definition) is 1. The van der Waals surface area contributed by atoms with Gasteiger partial charge in [0, 0.05) is 58.0 Å². The van der Waals surface area contributed by atoms with Crippen LogP contribution >= 0.6 is 0 Å². The average molecular weight is 406 g/mol. The predicted octanol–water partition coefficient (Wildman–Crippen LogP) is 2.82. The number of nitrogens with one attached hydrogen (secondary N) is 1. The molecular weight excluding hydrogens is 366 g/mol. The van der Waals surface area contributed by atoms with E-state index in [9.17, 15) is 4.79 Å². The molecule has 7 heteroatoms. The summed E-state index contributed by atoms with van der Waals surface area (Å²) in [7, 11) is 3.87. The molecule has 1 amide bonds. The fraction of sp³-hybridized carbons (Fsp3) is 0.818. The highest BCUT2D eigenvalue weighted by atomic mass is 16.6. The van der Waals surface area contributed by atoms with Crippen molar-refractivity contribution in [3.05, 3.63) is 17.5 Å². The Morgan fingerprint density at radius 1 is 1.31 bits per heavy atom. The minimum atomic E-state index is -0.454. The van der Waals surface area contributed by atoms with Crippen LogP contribution in [0.1, 0.15) is 57.7 Å². The average Bonchev–Trinajstić information content (AvgIpc) is 3.16. The van der Waals surface area contributed by atoms with Crippen LogP contribution in [-0.2, 0) is 18.3 Å². The van der Waals surface area contributed by atoms with Gasteiger partial charge in [-0.05, 0) is 58.5 Å². The molecule has 0 aromatic carbocycles. The lowest BCUT2D eigenvalue weighted by Gasteiger charge is -2.27. The third kappa shape index (κ3) is 5.95. The topological polar surface area (TPSA) is 62.6 Å². The SMILES string of the molecule is CC1CN(Cc2cn(C)nc2C2CCNCC2)CC1CN(C)C(=O)OC(C)(C)C. The second-order valence-corrected chi connectivity index (χ2v) is 10.0. The van der Waals surface area contributed by atoms with E-state index < -0.39 is 5.60 Å². The number of likely N-dealkylation sites (tertiary alicyclic amines) is 1. The molecule has 2 aliphatic heterocycles. The largest absolute Gasteiger partial charge is 0.444 e. The van der Waals surface area contributed by atoms with Gasteiger partial charge < -0.3 is 15.0 Å². The van der Waals surface area contributed by atoms with Crippen LogP contribution < -0.4 is 5.32 Å². The fourth-order valence-corrected chi connectivity index (χ4v) is 4.63. The Bertz CT molecular complexity index is 690. The van der Waals surface area contributed by atoms with E-state index in [1.165, 1.54) is 24.1 Å². The minimum absolute atomic E-state index is 0.233. The van der Waals surface area contributed by atoms with Crippen molar-refractivity contribution in [3.63, 3.8) is 0 Å². The van der Waals surface area contributed by atoms with Crippen LogP contribution in [0.5, 0.6) is 0 Å². The van der Waals surface area contributed by atoms with E-state index in [1.54, 1.807) is 4.90 Å². The molecule has 2 fully saturated rings. The Kier molecular flexibility index (Phi) is 6.89. The lowest BCUT2D eigenvalue weighted by molar-refractivity contribution is 0.0267. The zero-order valence-electron chi connectivity index (χ0n) is 19.1. The molecule has 0 saturated carbocycles. The summed E-state index contributed by atoms with van der Waals surface area (Å²) in [5.41, 5.74) is 2.20. The molecular formula is C22H39N5O2. The standard InChI is InChI=1S/C22H39N5O2/c1-16-11-27(14-18(16)12-25(5)21(28)29-22(2,3)4)15-19-13-26(6)24-20(19)17-7-9-23-10-8-17/h13,16-18,23H,7-12,14-15H2,1-6H3. The molecule has 0 spiro atoms. The van der Waals surface area contributed by atoms with Crippen LogP contribution in [0.15, 0.2) is 6.20 Å². The Balaban J connectivity index is 1.58. The number of rotatable bonds is 5. The molecule has 3 heterocycles. The molecule has 0 radical (unpaired) electrons. The number of amides is 1. The third-order valence-corrected chi connectivity index (χ3v) is 6.11. The van der Waals surface area contributed by atoms with Crippen molar-refractivity contribution < 1.29 is 9.53 Å². The van der Waals surface area contributed by atoms with Gasteiger partial charge >= 0.3 is 6.09 Å². The molecule has 2 atom stereocenters. The van der Waals surface area contributed by atoms with Gasteiger partial charge in [-0.2, -0.15) is 5.10 Å². The Labute approximate surface area is 175 Å². The van der Waals surface area contributed by atoms with Crippen LogP contribution in [0, 0.1) is 11.8 Å². The number of aryl methyl sites for hydroxylation is 1. The molecule has 1 N–H and O–H groups in total. The van der Waals surface area contributed by atoms with Gasteiger partial charge in [-0.1, -0.05) is 6.92 Å². The summed E-state index contributed by atoms with van der Waals surface area (Å²) in [4.78, 5) is 16.6. The highest BCUT2D eigenvalue weighted by molar-refractivity contribution is 5.67. The van der Waals surface area contributed by atoms with E-state index in [4.69, 9.17) is 9.84 Å². The molecule has 2 saturated heterocycles. The molecule has 7 nitrogen and oxygen atoms in total. The van der Waals surface area contributed by atoms with Gasteiger partial charge in [0.05, 0.1) is 5.69 Å². The normalized spacial score (nSPS) is 24.1. The van der Waals surface area contributed by atoms with Gasteiger partial charge in [-0.25, -0.2) is 4.79 Å². The first-order chi connectivity index (χ1) is 13.6. The molecule has 3 rings (SSSR count). The van der Waals surface area contributed by atoms with Crippen LogP contribution in [-0.4, -0.2) is 71.0 Å². The zero-order valence-corrected chi connectivity index (χ0v) is 19.1. The number of carbonyl (C=O) groups excluding carboxylic acids is 1. The number of piperidine rings is 1. The summed E-state index contributed by atoms with van der Waals surface area (Å²) in [5, 5.41) is 8.26. The zero-order chi connectivity index (χ0) is 21.2. The summed E-state index contributed by atoms with van der Waals surface area (Å²) >= 11 is 0. The lowest BCUT2D eigenvalue weighted by Crippen LogP contribution is -2.38. The third-order valence-electron chi connectivity index (χ3n) is 6.11. The molecule has 2 unspecified atom stereocenters. The van der Waals surface area contributed by atoms with Crippen molar-refractivity contribution >= 4 is 6.09 Å². The fourth-order valence-electron chi connectivity index (χ4n) is 4.63. The maximum absolute atomic E-state index is 12.3. The van der Waals surface area contributed by atoms with Gasteiger partial charge in [0.15, 0.2) is 0 Å². The van der Waals surface area contributed by atoms with E-state index in [0.29, 0.717) is 17.8 Å². The Morgan fingerprint density at radius 3 is 2.66 bits per heavy atom. The number of hydrogen-bond acceptors (Lipinski definition) is 5. The van der Waals surface area contributed by atoms with Crippen molar-refractivity contribution in [1.82, 2.24) is 24.9 Å². The van der Waals surface area contributed by atoms with E-state index >= 15 is 0 Å². The van der Waals surface area contributed by atoms with E-state index in [1.807, 2.05) is 39.5 Å². The summed E-state index contributed by atoms with van der Waals surface area (Å²) in [6.45, 7) is 13.9. The summed E-state index contributed by atoms with van der Waals surface area (Å²) < 4.78 is 7.48. The summed E-state index contributed by atoms with van der Waals surface area (Å²) in [5.74, 6) is 1.59. The van der Waals surface area contributed by atoms with E-state index in [2.05, 4.69) is 23.3 Å². The quantitative estimate of drug-likeness (QED) is 0.816. The van der Waals surface area contributed by atoms with Crippen molar-refractivity contribution in [1.29, 1.82) is 0 Å². The van der Waals surface area contributed by atoms with Gasteiger partial charge in [0.1, 0.15) is 5.60 Å². The highest BCUT2D eigenvalue weighted by Gasteiger charge is 2.33. The Hall–Kier alpha value is -1.60. The molecule has 2 aliphatic rings. The first-order valence-electron chi connectivity index (χ1n) is 11.0. The predicted molar refractivity (Wildman–Crippen MR) is 115 cm³/mol. The van der Waals surface area contributed by atoms with Gasteiger partial charge in [-0.15, -0.1) is 0 Å². The summed E-state index contributed by atoms with van der Waals surface area (Å²) in [6, 6.07) is 0. The Morgan fingerprint density at radius 2 is 2.00 bits per heavy atom. The molecule has 29 heavy (non-hydrogen) atoms. The maximum atomic E-state index is 12.3. The van der Waals surface area contributed by atoms with Gasteiger partial charge in [-0.3, -0.25) is 9.58 Å². The molecule has 0 aliphatic carbocycles. The van der Waals surface area contributed by atoms with Crippen LogP contribution in [0.4, 0.5) is 4.79 Å². The number of ether oxygens (including phenoxy) is 1. The molecule has 164 valence electrons. The van der Waals surface area contributed by atoms with Crippen molar-refractivity contribution in [2.75, 3.05) is 39.8 Å². The number of aromatic nitrogens is 2. The monoisotopic (exact) mass is 405 g/mol. The van der Waals surface area contributed by atoms with Crippen LogP contribution in [0.2, 0.25) is 0 Å². The minimum Gasteiger partial charge on any atom is -0.444 e. The number of carbonyl (C=O) groups is 1. The van der Waals surface area contributed by atoms with E-state index in [0.717, 1.165) is 39.3 Å². The molecule has 1 aromatic heterocycles. The van der Waals surface area contributed by atoms with E-state index in [-0.39, 0.29) is 6.09 Å². The van der Waals surface area contributed by atoms with Crippen molar-refractivity contribution in [2.45, 2.75) is 58.6 Å². The second kappa shape index (κ2) is 9.04. The smallest absolute Gasteiger partial charge is 0.410 e. The van der Waals surface area contributed by atoms with Crippen LogP contribution in [0.25, 0.3) is 0 Å². The highest BCUT2D eigenvalue weighted by Crippen LogP contribution is 2.30.